The maximum atomic E-state index is 11.2. The second-order valence-corrected chi connectivity index (χ2v) is 8.44. The van der Waals surface area contributed by atoms with E-state index in [0.29, 0.717) is 13.0 Å². The first kappa shape index (κ1) is 15.3. The van der Waals surface area contributed by atoms with Gasteiger partial charge in [-0.1, -0.05) is 6.42 Å². The van der Waals surface area contributed by atoms with Gasteiger partial charge in [0, 0.05) is 12.5 Å². The number of hydrogen-bond acceptors (Lipinski definition) is 4. The number of hydrogen-bond donors (Lipinski definition) is 6. The lowest BCUT2D eigenvalue weighted by molar-refractivity contribution is 0.279. The number of piperidine rings is 1. The Morgan fingerprint density at radius 1 is 1.18 bits per heavy atom. The van der Waals surface area contributed by atoms with Gasteiger partial charge in [-0.25, -0.2) is 0 Å². The van der Waals surface area contributed by atoms with E-state index in [9.17, 15) is 9.13 Å². The number of rotatable bonds is 4. The van der Waals surface area contributed by atoms with Crippen molar-refractivity contribution >= 4 is 15.2 Å². The maximum absolute atomic E-state index is 11.2. The van der Waals surface area contributed by atoms with Crippen molar-refractivity contribution in [2.24, 2.45) is 5.73 Å². The van der Waals surface area contributed by atoms with Crippen LogP contribution in [0.3, 0.4) is 0 Å². The van der Waals surface area contributed by atoms with Crippen LogP contribution in [0.5, 0.6) is 0 Å². The maximum Gasteiger partial charge on any atom is 0.357 e. The highest BCUT2D eigenvalue weighted by molar-refractivity contribution is 7.72. The summed E-state index contributed by atoms with van der Waals surface area (Å²) in [5.74, 6) is 0. The smallest absolute Gasteiger partial charge is 0.323 e. The molecule has 102 valence electrons. The SMILES string of the molecule is NC(CC1CCCCN1)(P(=O)(O)O)P(=O)(O)O. The summed E-state index contributed by atoms with van der Waals surface area (Å²) in [6.45, 7) is 0.656. The Kier molecular flexibility index (Phi) is 4.56. The van der Waals surface area contributed by atoms with Crippen LogP contribution in [0.1, 0.15) is 25.7 Å². The quantitative estimate of drug-likeness (QED) is 0.378. The molecule has 1 aliphatic heterocycles. The van der Waals surface area contributed by atoms with Gasteiger partial charge in [0.05, 0.1) is 0 Å². The highest BCUT2D eigenvalue weighted by atomic mass is 31.2. The van der Waals surface area contributed by atoms with Crippen molar-refractivity contribution in [3.63, 3.8) is 0 Å². The second-order valence-electron chi connectivity index (χ2n) is 4.32. The molecular formula is C7H18N2O6P2. The summed E-state index contributed by atoms with van der Waals surface area (Å²) in [7, 11) is -10.2. The van der Waals surface area contributed by atoms with Crippen LogP contribution in [0.15, 0.2) is 0 Å². The van der Waals surface area contributed by atoms with Gasteiger partial charge in [-0.05, 0) is 19.4 Å². The van der Waals surface area contributed by atoms with Crippen molar-refractivity contribution in [3.8, 4) is 0 Å². The van der Waals surface area contributed by atoms with E-state index in [0.717, 1.165) is 12.8 Å². The molecule has 1 fully saturated rings. The van der Waals surface area contributed by atoms with Gasteiger partial charge >= 0.3 is 15.2 Å². The second kappa shape index (κ2) is 5.07. The van der Waals surface area contributed by atoms with E-state index in [-0.39, 0.29) is 6.04 Å². The van der Waals surface area contributed by atoms with Gasteiger partial charge in [0.15, 0.2) is 0 Å². The van der Waals surface area contributed by atoms with E-state index in [2.05, 4.69) is 5.32 Å². The molecule has 0 amide bonds. The Labute approximate surface area is 98.9 Å². The molecule has 7 N–H and O–H groups in total. The molecule has 0 radical (unpaired) electrons. The molecule has 1 heterocycles. The highest BCUT2D eigenvalue weighted by Gasteiger charge is 2.58. The predicted molar refractivity (Wildman–Crippen MR) is 61.3 cm³/mol. The van der Waals surface area contributed by atoms with E-state index in [1.165, 1.54) is 0 Å². The van der Waals surface area contributed by atoms with Crippen molar-refractivity contribution in [2.75, 3.05) is 6.54 Å². The first-order valence-corrected chi connectivity index (χ1v) is 8.44. The zero-order valence-corrected chi connectivity index (χ0v) is 11.0. The van der Waals surface area contributed by atoms with E-state index in [1.807, 2.05) is 0 Å². The van der Waals surface area contributed by atoms with Gasteiger partial charge < -0.3 is 30.6 Å². The summed E-state index contributed by atoms with van der Waals surface area (Å²) < 4.78 is 22.4. The Balaban J connectivity index is 2.92. The molecule has 1 atom stereocenters. The van der Waals surface area contributed by atoms with E-state index < -0.39 is 26.6 Å². The first-order chi connectivity index (χ1) is 7.58. The van der Waals surface area contributed by atoms with E-state index in [1.54, 1.807) is 0 Å². The molecule has 1 rings (SSSR count). The first-order valence-electron chi connectivity index (χ1n) is 5.21. The molecular weight excluding hydrogens is 270 g/mol. The summed E-state index contributed by atoms with van der Waals surface area (Å²) in [5.41, 5.74) is 5.32. The van der Waals surface area contributed by atoms with Gasteiger partial charge in [0.25, 0.3) is 0 Å². The van der Waals surface area contributed by atoms with Crippen LogP contribution in [0.4, 0.5) is 0 Å². The van der Waals surface area contributed by atoms with Crippen molar-refractivity contribution < 1.29 is 28.7 Å². The molecule has 1 unspecified atom stereocenters. The van der Waals surface area contributed by atoms with Crippen molar-refractivity contribution in [2.45, 2.75) is 36.7 Å². The third-order valence-electron chi connectivity index (χ3n) is 2.97. The predicted octanol–water partition coefficient (Wildman–Crippen LogP) is -0.514. The number of nitrogens with two attached hydrogens (primary N) is 1. The summed E-state index contributed by atoms with van der Waals surface area (Å²) >= 11 is 0. The molecule has 8 nitrogen and oxygen atoms in total. The Bertz CT molecular complexity index is 335. The molecule has 10 heteroatoms. The largest absolute Gasteiger partial charge is 0.357 e. The van der Waals surface area contributed by atoms with Crippen molar-refractivity contribution in [1.29, 1.82) is 0 Å². The minimum Gasteiger partial charge on any atom is -0.323 e. The van der Waals surface area contributed by atoms with Crippen molar-refractivity contribution in [3.05, 3.63) is 0 Å². The van der Waals surface area contributed by atoms with Crippen LogP contribution in [-0.2, 0) is 9.13 Å². The number of nitrogens with one attached hydrogen (secondary N) is 1. The molecule has 0 aliphatic carbocycles. The van der Waals surface area contributed by atoms with Crippen LogP contribution in [0, 0.1) is 0 Å². The Hall–Kier alpha value is 0.220. The summed E-state index contributed by atoms with van der Waals surface area (Å²) in [6.07, 6.45) is 1.93. The van der Waals surface area contributed by atoms with E-state index in [4.69, 9.17) is 25.3 Å². The third kappa shape index (κ3) is 3.36. The fourth-order valence-corrected chi connectivity index (χ4v) is 4.14. The van der Waals surface area contributed by atoms with Gasteiger partial charge in [0.1, 0.15) is 0 Å². The fraction of sp³-hybridized carbons (Fsp3) is 1.00. The van der Waals surface area contributed by atoms with Gasteiger partial charge in [-0.3, -0.25) is 9.13 Å². The standard InChI is InChI=1S/C7H18N2O6P2/c8-7(16(10,11)12,17(13,14)15)5-6-3-1-2-4-9-6/h6,9H,1-5,8H2,(H2,10,11,12)(H2,13,14,15). The van der Waals surface area contributed by atoms with Gasteiger partial charge in [-0.15, -0.1) is 0 Å². The molecule has 0 bridgehead atoms. The fourth-order valence-electron chi connectivity index (χ4n) is 1.87. The molecule has 0 aromatic rings. The van der Waals surface area contributed by atoms with Crippen LogP contribution >= 0.6 is 15.2 Å². The molecule has 0 aromatic heterocycles. The third-order valence-corrected chi connectivity index (χ3v) is 6.91. The summed E-state index contributed by atoms with van der Waals surface area (Å²) in [4.78, 5) is 36.3. The molecule has 0 aromatic carbocycles. The summed E-state index contributed by atoms with van der Waals surface area (Å²) in [5, 5.41) is 0.156. The zero-order valence-electron chi connectivity index (χ0n) is 9.19. The molecule has 1 saturated heterocycles. The van der Waals surface area contributed by atoms with Gasteiger partial charge in [-0.2, -0.15) is 0 Å². The minimum atomic E-state index is -5.10. The topological polar surface area (TPSA) is 153 Å². The van der Waals surface area contributed by atoms with Gasteiger partial charge in [0.2, 0.25) is 5.02 Å². The lowest BCUT2D eigenvalue weighted by atomic mass is 10.0. The van der Waals surface area contributed by atoms with Crippen LogP contribution in [0.2, 0.25) is 0 Å². The lowest BCUT2D eigenvalue weighted by Gasteiger charge is -2.35. The molecule has 0 spiro atoms. The average Bonchev–Trinajstić information content (AvgIpc) is 2.15. The van der Waals surface area contributed by atoms with Crippen molar-refractivity contribution in [1.82, 2.24) is 5.32 Å². The normalized spacial score (nSPS) is 23.7. The van der Waals surface area contributed by atoms with E-state index >= 15 is 0 Å². The lowest BCUT2D eigenvalue weighted by Crippen LogP contribution is -2.47. The van der Waals surface area contributed by atoms with Crippen LogP contribution in [-0.4, -0.2) is 37.2 Å². The molecule has 17 heavy (non-hydrogen) atoms. The Morgan fingerprint density at radius 2 is 1.71 bits per heavy atom. The Morgan fingerprint density at radius 3 is 2.06 bits per heavy atom. The monoisotopic (exact) mass is 288 g/mol. The van der Waals surface area contributed by atoms with Crippen LogP contribution < -0.4 is 11.1 Å². The molecule has 0 saturated carbocycles. The zero-order chi connectivity index (χ0) is 13.3. The molecule has 1 aliphatic rings. The highest BCUT2D eigenvalue weighted by Crippen LogP contribution is 2.67. The minimum absolute atomic E-state index is 0.381. The average molecular weight is 288 g/mol. The summed E-state index contributed by atoms with van der Waals surface area (Å²) in [6, 6.07) is -0.381. The van der Waals surface area contributed by atoms with Crippen LogP contribution in [0.25, 0.3) is 0 Å².